The molecule has 6 nitrogen and oxygen atoms in total. The molecular weight excluding hydrogens is 336 g/mol. The number of fused-ring (bicyclic) bond motifs is 3. The van der Waals surface area contributed by atoms with Gasteiger partial charge < -0.3 is 18.6 Å². The third-order valence-electron chi connectivity index (χ3n) is 4.54. The van der Waals surface area contributed by atoms with E-state index in [2.05, 4.69) is 0 Å². The first-order chi connectivity index (χ1) is 12.6. The summed E-state index contributed by atoms with van der Waals surface area (Å²) in [5, 5.41) is 0.585. The Bertz CT molecular complexity index is 1070. The second-order valence-electron chi connectivity index (χ2n) is 5.94. The molecule has 1 atom stereocenters. The van der Waals surface area contributed by atoms with Gasteiger partial charge in [0.05, 0.1) is 31.6 Å². The molecule has 0 amide bonds. The molecule has 6 heteroatoms. The fourth-order valence-corrected chi connectivity index (χ4v) is 3.42. The molecule has 1 aliphatic rings. The quantitative estimate of drug-likeness (QED) is 0.532. The van der Waals surface area contributed by atoms with Gasteiger partial charge in [0.15, 0.2) is 17.2 Å². The van der Waals surface area contributed by atoms with E-state index in [1.165, 1.54) is 14.2 Å². The van der Waals surface area contributed by atoms with Gasteiger partial charge >= 0.3 is 11.6 Å². The lowest BCUT2D eigenvalue weighted by Gasteiger charge is -2.26. The van der Waals surface area contributed by atoms with Gasteiger partial charge in [0.2, 0.25) is 0 Å². The standard InChI is InChI=1S/C20H16O6/c1-23-15-9-5-7-11(18(15)24-2)13-10-16(21)26-19-12-6-3-4-8-14(12)25-20(22)17(13)19/h3-9,13H,10H2,1-2H3/t13-/m0/s1. The molecule has 26 heavy (non-hydrogen) atoms. The number of methoxy groups -OCH3 is 2. The van der Waals surface area contributed by atoms with Crippen LogP contribution in [0.1, 0.15) is 23.5 Å². The van der Waals surface area contributed by atoms with Gasteiger partial charge in [0.25, 0.3) is 0 Å². The van der Waals surface area contributed by atoms with E-state index in [1.54, 1.807) is 36.4 Å². The highest BCUT2D eigenvalue weighted by atomic mass is 16.5. The minimum Gasteiger partial charge on any atom is -0.493 e. The van der Waals surface area contributed by atoms with Gasteiger partial charge in [-0.05, 0) is 18.2 Å². The summed E-state index contributed by atoms with van der Waals surface area (Å²) >= 11 is 0. The lowest BCUT2D eigenvalue weighted by molar-refractivity contribution is -0.135. The van der Waals surface area contributed by atoms with Crippen molar-refractivity contribution in [3.8, 4) is 17.2 Å². The summed E-state index contributed by atoms with van der Waals surface area (Å²) in [5.74, 6) is 0.298. The van der Waals surface area contributed by atoms with Crippen LogP contribution in [-0.4, -0.2) is 20.2 Å². The van der Waals surface area contributed by atoms with E-state index >= 15 is 0 Å². The largest absolute Gasteiger partial charge is 0.493 e. The molecule has 0 radical (unpaired) electrons. The molecule has 1 aliphatic heterocycles. The molecule has 0 saturated carbocycles. The summed E-state index contributed by atoms with van der Waals surface area (Å²) < 4.78 is 21.7. The molecule has 3 aromatic rings. The monoisotopic (exact) mass is 352 g/mol. The molecule has 0 bridgehead atoms. The summed E-state index contributed by atoms with van der Waals surface area (Å²) in [7, 11) is 3.05. The van der Waals surface area contributed by atoms with Gasteiger partial charge in [-0.25, -0.2) is 4.79 Å². The lowest BCUT2D eigenvalue weighted by Crippen LogP contribution is -2.27. The number of ether oxygens (including phenoxy) is 3. The summed E-state index contributed by atoms with van der Waals surface area (Å²) in [5.41, 5.74) is 0.838. The minimum absolute atomic E-state index is 0.0135. The summed E-state index contributed by atoms with van der Waals surface area (Å²) in [4.78, 5) is 25.0. The third-order valence-corrected chi connectivity index (χ3v) is 4.54. The van der Waals surface area contributed by atoms with E-state index < -0.39 is 17.5 Å². The number of esters is 1. The van der Waals surface area contributed by atoms with Crippen LogP contribution in [0.3, 0.4) is 0 Å². The van der Waals surface area contributed by atoms with Crippen molar-refractivity contribution in [3.63, 3.8) is 0 Å². The zero-order chi connectivity index (χ0) is 18.3. The van der Waals surface area contributed by atoms with Crippen LogP contribution in [0.2, 0.25) is 0 Å². The average molecular weight is 352 g/mol. The Morgan fingerprint density at radius 2 is 1.81 bits per heavy atom. The summed E-state index contributed by atoms with van der Waals surface area (Å²) in [6.45, 7) is 0. The first-order valence-electron chi connectivity index (χ1n) is 8.11. The highest BCUT2D eigenvalue weighted by Gasteiger charge is 2.35. The lowest BCUT2D eigenvalue weighted by atomic mass is 9.86. The molecular formula is C20H16O6. The van der Waals surface area contributed by atoms with E-state index in [0.29, 0.717) is 33.6 Å². The third kappa shape index (κ3) is 2.42. The predicted octanol–water partition coefficient (Wildman–Crippen LogP) is 3.25. The number of carbonyl (C=O) groups is 1. The molecule has 0 saturated heterocycles. The van der Waals surface area contributed by atoms with Gasteiger partial charge in [-0.15, -0.1) is 0 Å². The second kappa shape index (κ2) is 6.22. The number of hydrogen-bond acceptors (Lipinski definition) is 6. The van der Waals surface area contributed by atoms with Crippen molar-refractivity contribution in [1.29, 1.82) is 0 Å². The summed E-state index contributed by atoms with van der Waals surface area (Å²) in [6.07, 6.45) is 0.0135. The maximum absolute atomic E-state index is 12.7. The number of benzene rings is 2. The molecule has 4 rings (SSSR count). The predicted molar refractivity (Wildman–Crippen MR) is 94.1 cm³/mol. The Hall–Kier alpha value is -3.28. The molecule has 0 aliphatic carbocycles. The van der Waals surface area contributed by atoms with E-state index in [4.69, 9.17) is 18.6 Å². The van der Waals surface area contributed by atoms with Gasteiger partial charge in [-0.2, -0.15) is 0 Å². The fraction of sp³-hybridized carbons (Fsp3) is 0.200. The van der Waals surface area contributed by atoms with Crippen molar-refractivity contribution in [2.24, 2.45) is 0 Å². The average Bonchev–Trinajstić information content (AvgIpc) is 2.66. The van der Waals surface area contributed by atoms with Crippen LogP contribution >= 0.6 is 0 Å². The molecule has 0 N–H and O–H groups in total. The highest BCUT2D eigenvalue weighted by molar-refractivity contribution is 5.90. The molecule has 1 aromatic heterocycles. The van der Waals surface area contributed by atoms with Crippen molar-refractivity contribution in [1.82, 2.24) is 0 Å². The zero-order valence-electron chi connectivity index (χ0n) is 14.3. The van der Waals surface area contributed by atoms with Crippen LogP contribution in [0.4, 0.5) is 0 Å². The van der Waals surface area contributed by atoms with Crippen LogP contribution in [-0.2, 0) is 4.79 Å². The number of para-hydroxylation sites is 2. The number of hydrogen-bond donors (Lipinski definition) is 0. The first kappa shape index (κ1) is 16.2. The Labute approximate surface area is 148 Å². The van der Waals surface area contributed by atoms with Gasteiger partial charge in [0, 0.05) is 11.5 Å². The van der Waals surface area contributed by atoms with Crippen molar-refractivity contribution >= 4 is 16.9 Å². The van der Waals surface area contributed by atoms with Gasteiger partial charge in [-0.3, -0.25) is 4.79 Å². The van der Waals surface area contributed by atoms with Gasteiger partial charge in [-0.1, -0.05) is 24.3 Å². The molecule has 2 heterocycles. The van der Waals surface area contributed by atoms with Crippen LogP contribution in [0.25, 0.3) is 11.0 Å². The van der Waals surface area contributed by atoms with Crippen molar-refractivity contribution in [2.75, 3.05) is 14.2 Å². The number of carbonyl (C=O) groups excluding carboxylic acids is 1. The van der Waals surface area contributed by atoms with Crippen LogP contribution < -0.4 is 19.8 Å². The molecule has 0 unspecified atom stereocenters. The van der Waals surface area contributed by atoms with Crippen LogP contribution in [0, 0.1) is 0 Å². The van der Waals surface area contributed by atoms with E-state index in [9.17, 15) is 9.59 Å². The van der Waals surface area contributed by atoms with Crippen molar-refractivity contribution in [3.05, 3.63) is 64.0 Å². The van der Waals surface area contributed by atoms with Crippen molar-refractivity contribution in [2.45, 2.75) is 12.3 Å². The Balaban J connectivity index is 2.02. The second-order valence-corrected chi connectivity index (χ2v) is 5.94. The van der Waals surface area contributed by atoms with E-state index in [-0.39, 0.29) is 12.2 Å². The SMILES string of the molecule is COc1cccc([C@@H]2CC(=O)Oc3c2c(=O)oc2ccccc32)c1OC. The molecule has 132 valence electrons. The van der Waals surface area contributed by atoms with Crippen LogP contribution in [0.15, 0.2) is 51.7 Å². The van der Waals surface area contributed by atoms with Gasteiger partial charge in [0.1, 0.15) is 5.58 Å². The molecule has 0 spiro atoms. The molecule has 2 aromatic carbocycles. The maximum atomic E-state index is 12.7. The fourth-order valence-electron chi connectivity index (χ4n) is 3.42. The first-order valence-corrected chi connectivity index (χ1v) is 8.11. The Kier molecular flexibility index (Phi) is 3.88. The zero-order valence-corrected chi connectivity index (χ0v) is 14.3. The normalized spacial score (nSPS) is 16.1. The van der Waals surface area contributed by atoms with E-state index in [0.717, 1.165) is 0 Å². The topological polar surface area (TPSA) is 75.0 Å². The van der Waals surface area contributed by atoms with E-state index in [1.807, 2.05) is 6.07 Å². The maximum Gasteiger partial charge on any atom is 0.343 e. The van der Waals surface area contributed by atoms with Crippen LogP contribution in [0.5, 0.6) is 17.2 Å². The smallest absolute Gasteiger partial charge is 0.343 e. The Morgan fingerprint density at radius 3 is 2.58 bits per heavy atom. The Morgan fingerprint density at radius 1 is 1.00 bits per heavy atom. The number of rotatable bonds is 3. The van der Waals surface area contributed by atoms with Crippen molar-refractivity contribution < 1.29 is 23.4 Å². The molecule has 0 fully saturated rings. The highest BCUT2D eigenvalue weighted by Crippen LogP contribution is 2.45. The minimum atomic E-state index is -0.544. The summed E-state index contributed by atoms with van der Waals surface area (Å²) in [6, 6.07) is 12.3.